The number of pyridine rings is 1. The zero-order valence-corrected chi connectivity index (χ0v) is 14.7. The summed E-state index contributed by atoms with van der Waals surface area (Å²) in [6, 6.07) is 6.84. The van der Waals surface area contributed by atoms with Gasteiger partial charge in [0.05, 0.1) is 30.0 Å². The van der Waals surface area contributed by atoms with Gasteiger partial charge in [-0.1, -0.05) is 12.1 Å². The minimum Gasteiger partial charge on any atom is -0.378 e. The molecule has 27 heavy (non-hydrogen) atoms. The number of nitrogens with zero attached hydrogens (tertiary/aromatic N) is 3. The van der Waals surface area contributed by atoms with Crippen molar-refractivity contribution in [3.05, 3.63) is 47.0 Å². The van der Waals surface area contributed by atoms with Crippen LogP contribution in [0.25, 0.3) is 11.3 Å². The van der Waals surface area contributed by atoms with Crippen LogP contribution < -0.4 is 4.90 Å². The van der Waals surface area contributed by atoms with E-state index in [9.17, 15) is 18.0 Å². The summed E-state index contributed by atoms with van der Waals surface area (Å²) in [6.45, 7) is 2.67. The van der Waals surface area contributed by atoms with Crippen molar-refractivity contribution in [2.75, 3.05) is 38.3 Å². The standard InChI is InChI=1S/C19H18F3N3O2/c1-24-11-15-14(18(24)26)10-16(25-5-7-27-8-6-25)23-17(15)12-3-2-4-13(9-12)19(20,21)22/h2-4,9-10H,5-8,11H2,1H3. The normalized spacial score (nSPS) is 17.4. The van der Waals surface area contributed by atoms with E-state index < -0.39 is 11.7 Å². The molecule has 2 aliphatic rings. The third kappa shape index (κ3) is 3.25. The quantitative estimate of drug-likeness (QED) is 0.807. The van der Waals surface area contributed by atoms with Crippen LogP contribution in [0.1, 0.15) is 21.5 Å². The molecule has 0 N–H and O–H groups in total. The monoisotopic (exact) mass is 377 g/mol. The van der Waals surface area contributed by atoms with Crippen LogP contribution in [0.4, 0.5) is 19.0 Å². The molecule has 4 rings (SSSR count). The van der Waals surface area contributed by atoms with Crippen molar-refractivity contribution in [1.82, 2.24) is 9.88 Å². The van der Waals surface area contributed by atoms with E-state index in [0.717, 1.165) is 12.1 Å². The Hall–Kier alpha value is -2.61. The molecule has 0 bridgehead atoms. The van der Waals surface area contributed by atoms with Crippen molar-refractivity contribution in [2.45, 2.75) is 12.7 Å². The maximum atomic E-state index is 13.1. The molecular weight excluding hydrogens is 359 g/mol. The van der Waals surface area contributed by atoms with Crippen LogP contribution in [0.2, 0.25) is 0 Å². The molecule has 1 fully saturated rings. The molecule has 1 aromatic carbocycles. The Bertz CT molecular complexity index is 892. The number of ether oxygens (including phenoxy) is 1. The molecule has 0 saturated carbocycles. The molecule has 2 aliphatic heterocycles. The molecule has 1 amide bonds. The summed E-state index contributed by atoms with van der Waals surface area (Å²) in [5.41, 5.74) is 1.22. The topological polar surface area (TPSA) is 45.7 Å². The summed E-state index contributed by atoms with van der Waals surface area (Å²) in [5, 5.41) is 0. The third-order valence-electron chi connectivity index (χ3n) is 4.88. The first-order valence-electron chi connectivity index (χ1n) is 8.64. The van der Waals surface area contributed by atoms with Gasteiger partial charge in [0, 0.05) is 37.8 Å². The molecule has 0 atom stereocenters. The van der Waals surface area contributed by atoms with Crippen LogP contribution in [-0.2, 0) is 17.5 Å². The highest BCUT2D eigenvalue weighted by atomic mass is 19.4. The number of halogens is 3. The van der Waals surface area contributed by atoms with E-state index in [4.69, 9.17) is 4.74 Å². The molecule has 5 nitrogen and oxygen atoms in total. The second kappa shape index (κ2) is 6.53. The number of hydrogen-bond donors (Lipinski definition) is 0. The van der Waals surface area contributed by atoms with Crippen LogP contribution in [0.15, 0.2) is 30.3 Å². The molecule has 0 aliphatic carbocycles. The predicted molar refractivity (Wildman–Crippen MR) is 93.5 cm³/mol. The number of carbonyl (C=O) groups excluding carboxylic acids is 1. The molecule has 1 aromatic heterocycles. The van der Waals surface area contributed by atoms with Crippen LogP contribution in [0.5, 0.6) is 0 Å². The second-order valence-corrected chi connectivity index (χ2v) is 6.69. The number of morpholine rings is 1. The SMILES string of the molecule is CN1Cc2c(cc(N3CCOCC3)nc2-c2cccc(C(F)(F)F)c2)C1=O. The van der Waals surface area contributed by atoms with E-state index >= 15 is 0 Å². The number of carbonyl (C=O) groups is 1. The zero-order valence-electron chi connectivity index (χ0n) is 14.7. The van der Waals surface area contributed by atoms with Crippen molar-refractivity contribution in [3.63, 3.8) is 0 Å². The molecule has 0 unspecified atom stereocenters. The Morgan fingerprint density at radius 1 is 1.15 bits per heavy atom. The lowest BCUT2D eigenvalue weighted by Crippen LogP contribution is -2.37. The van der Waals surface area contributed by atoms with Gasteiger partial charge in [-0.3, -0.25) is 4.79 Å². The fourth-order valence-electron chi connectivity index (χ4n) is 3.46. The zero-order chi connectivity index (χ0) is 19.2. The first kappa shape index (κ1) is 17.8. The molecule has 0 radical (unpaired) electrons. The summed E-state index contributed by atoms with van der Waals surface area (Å²) >= 11 is 0. The number of benzene rings is 1. The molecule has 8 heteroatoms. The summed E-state index contributed by atoms with van der Waals surface area (Å²) in [7, 11) is 1.67. The van der Waals surface area contributed by atoms with Crippen molar-refractivity contribution in [2.24, 2.45) is 0 Å². The number of hydrogen-bond acceptors (Lipinski definition) is 4. The first-order chi connectivity index (χ1) is 12.8. The van der Waals surface area contributed by atoms with Crippen LogP contribution in [0.3, 0.4) is 0 Å². The van der Waals surface area contributed by atoms with Gasteiger partial charge in [0.25, 0.3) is 5.91 Å². The van der Waals surface area contributed by atoms with Gasteiger partial charge < -0.3 is 14.5 Å². The average molecular weight is 377 g/mol. The first-order valence-corrected chi connectivity index (χ1v) is 8.64. The minimum atomic E-state index is -4.44. The lowest BCUT2D eigenvalue weighted by atomic mass is 10.0. The lowest BCUT2D eigenvalue weighted by Gasteiger charge is -2.28. The maximum Gasteiger partial charge on any atom is 0.416 e. The van der Waals surface area contributed by atoms with Gasteiger partial charge in [0.15, 0.2) is 0 Å². The summed E-state index contributed by atoms with van der Waals surface area (Å²) in [5.74, 6) is 0.447. The molecule has 2 aromatic rings. The lowest BCUT2D eigenvalue weighted by molar-refractivity contribution is -0.137. The van der Waals surface area contributed by atoms with Gasteiger partial charge in [-0.25, -0.2) is 4.98 Å². The number of amides is 1. The molecular formula is C19H18F3N3O2. The number of fused-ring (bicyclic) bond motifs is 1. The van der Waals surface area contributed by atoms with E-state index in [1.165, 1.54) is 6.07 Å². The maximum absolute atomic E-state index is 13.1. The largest absolute Gasteiger partial charge is 0.416 e. The fraction of sp³-hybridized carbons (Fsp3) is 0.368. The van der Waals surface area contributed by atoms with Crippen molar-refractivity contribution in [1.29, 1.82) is 0 Å². The summed E-state index contributed by atoms with van der Waals surface area (Å²) in [4.78, 5) is 20.7. The summed E-state index contributed by atoms with van der Waals surface area (Å²) < 4.78 is 44.8. The van der Waals surface area contributed by atoms with Crippen molar-refractivity contribution >= 4 is 11.7 Å². The smallest absolute Gasteiger partial charge is 0.378 e. The Morgan fingerprint density at radius 3 is 2.59 bits per heavy atom. The number of rotatable bonds is 2. The number of anilines is 1. The van der Waals surface area contributed by atoms with Gasteiger partial charge in [-0.05, 0) is 18.2 Å². The van der Waals surface area contributed by atoms with Gasteiger partial charge >= 0.3 is 6.18 Å². The molecule has 142 valence electrons. The van der Waals surface area contributed by atoms with Crippen LogP contribution >= 0.6 is 0 Å². The van der Waals surface area contributed by atoms with Crippen molar-refractivity contribution < 1.29 is 22.7 Å². The van der Waals surface area contributed by atoms with Crippen LogP contribution in [-0.4, -0.2) is 49.1 Å². The van der Waals surface area contributed by atoms with E-state index in [1.54, 1.807) is 24.1 Å². The Kier molecular flexibility index (Phi) is 4.30. The van der Waals surface area contributed by atoms with Gasteiger partial charge in [-0.2, -0.15) is 13.2 Å². The van der Waals surface area contributed by atoms with E-state index in [0.29, 0.717) is 61.1 Å². The second-order valence-electron chi connectivity index (χ2n) is 6.69. The highest BCUT2D eigenvalue weighted by Gasteiger charge is 2.33. The predicted octanol–water partition coefficient (Wildman–Crippen LogP) is 3.19. The Morgan fingerprint density at radius 2 is 1.89 bits per heavy atom. The Balaban J connectivity index is 1.86. The van der Waals surface area contributed by atoms with E-state index in [-0.39, 0.29) is 5.91 Å². The Labute approximate surface area is 154 Å². The van der Waals surface area contributed by atoms with Gasteiger partial charge in [-0.15, -0.1) is 0 Å². The highest BCUT2D eigenvalue weighted by Crippen LogP contribution is 2.36. The van der Waals surface area contributed by atoms with Gasteiger partial charge in [0.1, 0.15) is 5.82 Å². The third-order valence-corrected chi connectivity index (χ3v) is 4.88. The van der Waals surface area contributed by atoms with Gasteiger partial charge in [0.2, 0.25) is 0 Å². The number of alkyl halides is 3. The fourth-order valence-corrected chi connectivity index (χ4v) is 3.46. The molecule has 0 spiro atoms. The van der Waals surface area contributed by atoms with Crippen LogP contribution in [0, 0.1) is 0 Å². The molecule has 1 saturated heterocycles. The molecule has 3 heterocycles. The highest BCUT2D eigenvalue weighted by molar-refractivity contribution is 6.00. The van der Waals surface area contributed by atoms with Crippen molar-refractivity contribution in [3.8, 4) is 11.3 Å². The summed E-state index contributed by atoms with van der Waals surface area (Å²) in [6.07, 6.45) is -4.44. The van der Waals surface area contributed by atoms with E-state index in [1.807, 2.05) is 4.90 Å². The number of aromatic nitrogens is 1. The average Bonchev–Trinajstić information content (AvgIpc) is 2.95. The van der Waals surface area contributed by atoms with E-state index in [2.05, 4.69) is 4.98 Å². The minimum absolute atomic E-state index is 0.143.